The van der Waals surface area contributed by atoms with Crippen LogP contribution in [0.2, 0.25) is 0 Å². The Morgan fingerprint density at radius 1 is 0.356 bits per heavy atom. The van der Waals surface area contributed by atoms with E-state index < -0.39 is 6.10 Å². The molecule has 0 N–H and O–H groups in total. The lowest BCUT2D eigenvalue weighted by molar-refractivity contribution is -0.166. The summed E-state index contributed by atoms with van der Waals surface area (Å²) in [7, 11) is 0. The summed E-state index contributed by atoms with van der Waals surface area (Å²) in [6.07, 6.45) is 58.9. The van der Waals surface area contributed by atoms with Gasteiger partial charge in [0.05, 0.1) is 0 Å². The number of ether oxygens (including phenoxy) is 3. The first-order chi connectivity index (χ1) is 29.0. The Morgan fingerprint density at radius 3 is 1.14 bits per heavy atom. The Bertz CT molecular complexity index is 1130. The van der Waals surface area contributed by atoms with Crippen LogP contribution in [-0.4, -0.2) is 37.2 Å². The molecule has 0 radical (unpaired) electrons. The van der Waals surface area contributed by atoms with Crippen LogP contribution in [0.5, 0.6) is 0 Å². The Morgan fingerprint density at radius 2 is 0.695 bits per heavy atom. The van der Waals surface area contributed by atoms with Gasteiger partial charge in [-0.1, -0.05) is 184 Å². The molecule has 6 nitrogen and oxygen atoms in total. The first-order valence-corrected chi connectivity index (χ1v) is 24.4. The number of carbonyl (C=O) groups excluding carboxylic acids is 3. The van der Waals surface area contributed by atoms with Crippen LogP contribution in [0.15, 0.2) is 72.9 Å². The highest BCUT2D eigenvalue weighted by molar-refractivity contribution is 5.71. The van der Waals surface area contributed by atoms with Crippen molar-refractivity contribution < 1.29 is 28.6 Å². The molecule has 0 fully saturated rings. The predicted octanol–water partition coefficient (Wildman–Crippen LogP) is 15.9. The SMILES string of the molecule is CC/C=C\C/C=C\C/C=C\C/C=C\CCC(=O)OCC(COC(=O)CCCCCCC/C=C\CCCCCCC)OC(=O)CCCCCCC/C=C\CCCCCCC. The van der Waals surface area contributed by atoms with Crippen molar-refractivity contribution in [3.8, 4) is 0 Å². The van der Waals surface area contributed by atoms with Crippen molar-refractivity contribution in [2.45, 2.75) is 232 Å². The number of hydrogen-bond acceptors (Lipinski definition) is 6. The van der Waals surface area contributed by atoms with E-state index in [9.17, 15) is 14.4 Å². The zero-order valence-corrected chi connectivity index (χ0v) is 38.5. The zero-order chi connectivity index (χ0) is 43.0. The van der Waals surface area contributed by atoms with Crippen molar-refractivity contribution in [2.24, 2.45) is 0 Å². The van der Waals surface area contributed by atoms with Crippen molar-refractivity contribution in [3.05, 3.63) is 72.9 Å². The molecular weight excluding hydrogens is 733 g/mol. The second-order valence-electron chi connectivity index (χ2n) is 16.0. The lowest BCUT2D eigenvalue weighted by Gasteiger charge is -2.18. The molecule has 0 amide bonds. The third-order valence-corrected chi connectivity index (χ3v) is 10.2. The molecule has 0 spiro atoms. The lowest BCUT2D eigenvalue weighted by atomic mass is 10.1. The van der Waals surface area contributed by atoms with E-state index in [4.69, 9.17) is 14.2 Å². The predicted molar refractivity (Wildman–Crippen MR) is 251 cm³/mol. The molecule has 0 saturated heterocycles. The van der Waals surface area contributed by atoms with Gasteiger partial charge in [0.25, 0.3) is 0 Å². The fraction of sp³-hybridized carbons (Fsp3) is 0.717. The Labute approximate surface area is 363 Å². The van der Waals surface area contributed by atoms with Crippen LogP contribution in [0.4, 0.5) is 0 Å². The number of allylic oxidation sites excluding steroid dienone is 12. The van der Waals surface area contributed by atoms with Crippen molar-refractivity contribution in [2.75, 3.05) is 13.2 Å². The Balaban J connectivity index is 4.50. The number of carbonyl (C=O) groups is 3. The zero-order valence-electron chi connectivity index (χ0n) is 38.5. The summed E-state index contributed by atoms with van der Waals surface area (Å²) in [6, 6.07) is 0. The summed E-state index contributed by atoms with van der Waals surface area (Å²) >= 11 is 0. The van der Waals surface area contributed by atoms with E-state index in [1.165, 1.54) is 89.9 Å². The van der Waals surface area contributed by atoms with Gasteiger partial charge in [-0.2, -0.15) is 0 Å². The summed E-state index contributed by atoms with van der Waals surface area (Å²) in [5.41, 5.74) is 0. The molecule has 0 saturated carbocycles. The Kier molecular flexibility index (Phi) is 45.0. The smallest absolute Gasteiger partial charge is 0.306 e. The highest BCUT2D eigenvalue weighted by Gasteiger charge is 2.19. The number of rotatable bonds is 43. The molecule has 0 heterocycles. The first-order valence-electron chi connectivity index (χ1n) is 24.4. The molecule has 1 atom stereocenters. The van der Waals surface area contributed by atoms with E-state index in [1.807, 2.05) is 12.2 Å². The van der Waals surface area contributed by atoms with Gasteiger partial charge >= 0.3 is 17.9 Å². The van der Waals surface area contributed by atoms with Crippen LogP contribution < -0.4 is 0 Å². The average Bonchev–Trinajstić information content (AvgIpc) is 3.23. The molecular formula is C53H90O6. The molecule has 0 aromatic heterocycles. The van der Waals surface area contributed by atoms with Gasteiger partial charge in [-0.3, -0.25) is 14.4 Å². The van der Waals surface area contributed by atoms with Gasteiger partial charge in [-0.05, 0) is 96.3 Å². The van der Waals surface area contributed by atoms with E-state index >= 15 is 0 Å². The van der Waals surface area contributed by atoms with E-state index in [-0.39, 0.29) is 37.5 Å². The summed E-state index contributed by atoms with van der Waals surface area (Å²) in [5, 5.41) is 0. The van der Waals surface area contributed by atoms with E-state index in [1.54, 1.807) is 0 Å². The topological polar surface area (TPSA) is 78.9 Å². The summed E-state index contributed by atoms with van der Waals surface area (Å²) in [6.45, 7) is 6.41. The first kappa shape index (κ1) is 55.9. The summed E-state index contributed by atoms with van der Waals surface area (Å²) in [5.74, 6) is -1.01. The van der Waals surface area contributed by atoms with Gasteiger partial charge in [-0.15, -0.1) is 0 Å². The Hall–Kier alpha value is -3.15. The molecule has 6 heteroatoms. The minimum absolute atomic E-state index is 0.105. The fourth-order valence-electron chi connectivity index (χ4n) is 6.50. The van der Waals surface area contributed by atoms with Crippen molar-refractivity contribution >= 4 is 17.9 Å². The second kappa shape index (κ2) is 47.5. The van der Waals surface area contributed by atoms with Crippen LogP contribution in [0, 0.1) is 0 Å². The van der Waals surface area contributed by atoms with Crippen molar-refractivity contribution in [1.29, 1.82) is 0 Å². The van der Waals surface area contributed by atoms with Crippen LogP contribution in [0.3, 0.4) is 0 Å². The molecule has 0 bridgehead atoms. The minimum Gasteiger partial charge on any atom is -0.462 e. The maximum Gasteiger partial charge on any atom is 0.306 e. The van der Waals surface area contributed by atoms with E-state index in [0.717, 1.165) is 89.9 Å². The van der Waals surface area contributed by atoms with E-state index in [2.05, 4.69) is 81.5 Å². The quantitative estimate of drug-likeness (QED) is 0.0264. The largest absolute Gasteiger partial charge is 0.462 e. The van der Waals surface area contributed by atoms with Gasteiger partial charge < -0.3 is 14.2 Å². The molecule has 0 aromatic rings. The molecule has 338 valence electrons. The van der Waals surface area contributed by atoms with Crippen LogP contribution in [-0.2, 0) is 28.6 Å². The van der Waals surface area contributed by atoms with Gasteiger partial charge in [-0.25, -0.2) is 0 Å². The normalized spacial score (nSPS) is 12.7. The fourth-order valence-corrected chi connectivity index (χ4v) is 6.50. The molecule has 1 unspecified atom stereocenters. The third kappa shape index (κ3) is 45.8. The van der Waals surface area contributed by atoms with Crippen LogP contribution >= 0.6 is 0 Å². The maximum atomic E-state index is 12.8. The molecule has 0 aromatic carbocycles. The van der Waals surface area contributed by atoms with Crippen molar-refractivity contribution in [3.63, 3.8) is 0 Å². The summed E-state index contributed by atoms with van der Waals surface area (Å²) in [4.78, 5) is 37.8. The van der Waals surface area contributed by atoms with Gasteiger partial charge in [0.15, 0.2) is 6.10 Å². The minimum atomic E-state index is -0.810. The molecule has 0 aliphatic heterocycles. The summed E-state index contributed by atoms with van der Waals surface area (Å²) < 4.78 is 16.7. The van der Waals surface area contributed by atoms with Crippen LogP contribution in [0.25, 0.3) is 0 Å². The number of esters is 3. The molecule has 0 aliphatic carbocycles. The third-order valence-electron chi connectivity index (χ3n) is 10.2. The lowest BCUT2D eigenvalue weighted by Crippen LogP contribution is -2.30. The monoisotopic (exact) mass is 823 g/mol. The maximum absolute atomic E-state index is 12.8. The number of unbranched alkanes of at least 4 members (excludes halogenated alkanes) is 20. The standard InChI is InChI=1S/C53H90O6/c1-4-7-10-13-16-19-22-25-28-31-34-37-40-43-46-52(55)58-49-50(48-57-51(54)45-42-39-36-33-30-27-24-21-18-15-12-9-6-3)59-53(56)47-44-41-38-35-32-29-26-23-20-17-14-11-8-5-2/h9,12,18,21-23,25-27,30,36,39,50H,4-8,10-11,13-17,19-20,24,28-29,31-35,37-38,40-49H2,1-3H3/b12-9-,21-18-,25-22-,26-23-,30-27-,39-36-. The van der Waals surface area contributed by atoms with Crippen LogP contribution in [0.1, 0.15) is 226 Å². The number of hydrogen-bond donors (Lipinski definition) is 0. The van der Waals surface area contributed by atoms with Gasteiger partial charge in [0.2, 0.25) is 0 Å². The van der Waals surface area contributed by atoms with Gasteiger partial charge in [0.1, 0.15) is 13.2 Å². The van der Waals surface area contributed by atoms with Crippen molar-refractivity contribution in [1.82, 2.24) is 0 Å². The van der Waals surface area contributed by atoms with E-state index in [0.29, 0.717) is 19.3 Å². The average molecular weight is 823 g/mol. The molecule has 0 rings (SSSR count). The molecule has 59 heavy (non-hydrogen) atoms. The van der Waals surface area contributed by atoms with Gasteiger partial charge in [0, 0.05) is 19.3 Å². The highest BCUT2D eigenvalue weighted by Crippen LogP contribution is 2.13. The second-order valence-corrected chi connectivity index (χ2v) is 16.0. The molecule has 0 aliphatic rings. The highest BCUT2D eigenvalue weighted by atomic mass is 16.6.